The molecule has 16 heavy (non-hydrogen) atoms. The van der Waals surface area contributed by atoms with Gasteiger partial charge < -0.3 is 4.90 Å². The van der Waals surface area contributed by atoms with Gasteiger partial charge in [0.05, 0.1) is 0 Å². The molecule has 0 aliphatic carbocycles. The van der Waals surface area contributed by atoms with Gasteiger partial charge in [-0.3, -0.25) is 4.90 Å². The molecule has 2 saturated heterocycles. The Labute approximate surface area is 105 Å². The summed E-state index contributed by atoms with van der Waals surface area (Å²) in [5, 5.41) is 0. The van der Waals surface area contributed by atoms with E-state index in [0.29, 0.717) is 0 Å². The lowest BCUT2D eigenvalue weighted by molar-refractivity contribution is 0.231. The van der Waals surface area contributed by atoms with Crippen LogP contribution in [-0.2, 0) is 0 Å². The number of hydrogen-bond acceptors (Lipinski definition) is 2. The van der Waals surface area contributed by atoms with Crippen molar-refractivity contribution < 1.29 is 0 Å². The van der Waals surface area contributed by atoms with Crippen LogP contribution in [0.4, 0.5) is 0 Å². The summed E-state index contributed by atoms with van der Waals surface area (Å²) in [5.74, 6) is 0.830. The maximum Gasteiger partial charge on any atom is 0.0235 e. The van der Waals surface area contributed by atoms with Gasteiger partial charge in [0.25, 0.3) is 0 Å². The Morgan fingerprint density at radius 2 is 1.81 bits per heavy atom. The van der Waals surface area contributed by atoms with Gasteiger partial charge in [-0.15, -0.1) is 11.6 Å². The average Bonchev–Trinajstić information content (AvgIpc) is 2.94. The Balaban J connectivity index is 1.59. The highest BCUT2D eigenvalue weighted by atomic mass is 35.5. The first kappa shape index (κ1) is 12.7. The molecule has 94 valence electrons. The molecule has 0 radical (unpaired) electrons. The number of rotatable bonds is 6. The quantitative estimate of drug-likeness (QED) is 0.524. The molecule has 0 amide bonds. The molecule has 1 atom stereocenters. The lowest BCUT2D eigenvalue weighted by Gasteiger charge is -2.23. The zero-order valence-corrected chi connectivity index (χ0v) is 11.1. The van der Waals surface area contributed by atoms with Crippen LogP contribution in [0, 0.1) is 0 Å². The van der Waals surface area contributed by atoms with Crippen LogP contribution in [0.2, 0.25) is 0 Å². The molecule has 2 nitrogen and oxygen atoms in total. The number of unbranched alkanes of at least 4 members (excludes halogenated alkanes) is 2. The normalized spacial score (nSPS) is 27.9. The predicted molar refractivity (Wildman–Crippen MR) is 70.2 cm³/mol. The number of nitrogens with zero attached hydrogens (tertiary/aromatic N) is 2. The minimum Gasteiger partial charge on any atom is -0.302 e. The second-order valence-corrected chi connectivity index (χ2v) is 5.61. The van der Waals surface area contributed by atoms with Crippen LogP contribution in [0.15, 0.2) is 0 Å². The van der Waals surface area contributed by atoms with Crippen molar-refractivity contribution in [2.75, 3.05) is 38.6 Å². The highest BCUT2D eigenvalue weighted by molar-refractivity contribution is 6.17. The van der Waals surface area contributed by atoms with Gasteiger partial charge in [0.1, 0.15) is 0 Å². The van der Waals surface area contributed by atoms with Crippen LogP contribution in [0.1, 0.15) is 38.5 Å². The maximum atomic E-state index is 5.69. The van der Waals surface area contributed by atoms with Crippen LogP contribution in [0.3, 0.4) is 0 Å². The third kappa shape index (κ3) is 3.61. The maximum absolute atomic E-state index is 5.69. The summed E-state index contributed by atoms with van der Waals surface area (Å²) in [5.41, 5.74) is 0. The molecule has 1 unspecified atom stereocenters. The van der Waals surface area contributed by atoms with Crippen molar-refractivity contribution in [1.29, 1.82) is 0 Å². The van der Waals surface area contributed by atoms with E-state index in [0.717, 1.165) is 11.9 Å². The van der Waals surface area contributed by atoms with Crippen molar-refractivity contribution in [1.82, 2.24) is 9.80 Å². The largest absolute Gasteiger partial charge is 0.302 e. The van der Waals surface area contributed by atoms with Crippen molar-refractivity contribution in [3.05, 3.63) is 0 Å². The third-order valence-electron chi connectivity index (χ3n) is 4.01. The van der Waals surface area contributed by atoms with Crippen LogP contribution in [0.5, 0.6) is 0 Å². The summed E-state index contributed by atoms with van der Waals surface area (Å²) < 4.78 is 0. The molecule has 0 spiro atoms. The number of alkyl halides is 1. The number of likely N-dealkylation sites (tertiary alicyclic amines) is 2. The molecule has 2 heterocycles. The van der Waals surface area contributed by atoms with Gasteiger partial charge in [0.2, 0.25) is 0 Å². The van der Waals surface area contributed by atoms with Crippen molar-refractivity contribution in [3.63, 3.8) is 0 Å². The van der Waals surface area contributed by atoms with Crippen LogP contribution >= 0.6 is 11.6 Å². The Bertz CT molecular complexity index is 192. The van der Waals surface area contributed by atoms with E-state index in [1.54, 1.807) is 0 Å². The highest BCUT2D eigenvalue weighted by Crippen LogP contribution is 2.20. The second-order valence-electron chi connectivity index (χ2n) is 5.24. The molecule has 0 N–H and O–H groups in total. The third-order valence-corrected chi connectivity index (χ3v) is 4.28. The first-order valence-corrected chi connectivity index (χ1v) is 7.46. The van der Waals surface area contributed by atoms with E-state index in [1.807, 2.05) is 0 Å². The molecule has 2 aliphatic rings. The van der Waals surface area contributed by atoms with E-state index in [9.17, 15) is 0 Å². The highest BCUT2D eigenvalue weighted by Gasteiger charge is 2.28. The van der Waals surface area contributed by atoms with E-state index in [2.05, 4.69) is 9.80 Å². The molecule has 0 aromatic rings. The topological polar surface area (TPSA) is 6.48 Å². The van der Waals surface area contributed by atoms with Gasteiger partial charge >= 0.3 is 0 Å². The van der Waals surface area contributed by atoms with Gasteiger partial charge in [-0.25, -0.2) is 0 Å². The average molecular weight is 245 g/mol. The molecule has 2 rings (SSSR count). The van der Waals surface area contributed by atoms with Crippen LogP contribution < -0.4 is 0 Å². The fourth-order valence-electron chi connectivity index (χ4n) is 3.03. The monoisotopic (exact) mass is 244 g/mol. The minimum atomic E-state index is 0.830. The Morgan fingerprint density at radius 1 is 1.00 bits per heavy atom. The predicted octanol–water partition coefficient (Wildman–Crippen LogP) is 2.57. The molecule has 2 aliphatic heterocycles. The Hall–Kier alpha value is 0.210. The van der Waals surface area contributed by atoms with Gasteiger partial charge in [-0.2, -0.15) is 0 Å². The molecular weight excluding hydrogens is 220 g/mol. The van der Waals surface area contributed by atoms with Crippen molar-refractivity contribution in [2.45, 2.75) is 44.6 Å². The van der Waals surface area contributed by atoms with Gasteiger partial charge in [-0.1, -0.05) is 6.42 Å². The fourth-order valence-corrected chi connectivity index (χ4v) is 3.22. The summed E-state index contributed by atoms with van der Waals surface area (Å²) in [4.78, 5) is 5.36. The summed E-state index contributed by atoms with van der Waals surface area (Å²) in [7, 11) is 0. The Kier molecular flexibility index (Phi) is 5.40. The van der Waals surface area contributed by atoms with Crippen molar-refractivity contribution >= 4 is 11.6 Å². The first-order chi connectivity index (χ1) is 7.90. The van der Waals surface area contributed by atoms with Gasteiger partial charge in [-0.05, 0) is 58.3 Å². The summed E-state index contributed by atoms with van der Waals surface area (Å²) >= 11 is 5.69. The summed E-state index contributed by atoms with van der Waals surface area (Å²) in [6.07, 6.45) is 8.06. The molecule has 0 aromatic heterocycles. The smallest absolute Gasteiger partial charge is 0.0235 e. The molecular formula is C13H25ClN2. The van der Waals surface area contributed by atoms with Gasteiger partial charge in [0.15, 0.2) is 0 Å². The molecule has 0 bridgehead atoms. The van der Waals surface area contributed by atoms with E-state index in [1.165, 1.54) is 71.2 Å². The van der Waals surface area contributed by atoms with Crippen LogP contribution in [0.25, 0.3) is 0 Å². The summed E-state index contributed by atoms with van der Waals surface area (Å²) in [6, 6.07) is 0.871. The summed E-state index contributed by atoms with van der Waals surface area (Å²) in [6.45, 7) is 6.64. The van der Waals surface area contributed by atoms with Crippen LogP contribution in [-0.4, -0.2) is 54.4 Å². The van der Waals surface area contributed by atoms with E-state index in [-0.39, 0.29) is 0 Å². The van der Waals surface area contributed by atoms with E-state index >= 15 is 0 Å². The van der Waals surface area contributed by atoms with Gasteiger partial charge in [0, 0.05) is 18.5 Å². The molecule has 0 aromatic carbocycles. The number of halogens is 1. The minimum absolute atomic E-state index is 0.830. The van der Waals surface area contributed by atoms with E-state index < -0.39 is 0 Å². The van der Waals surface area contributed by atoms with Crippen molar-refractivity contribution in [3.8, 4) is 0 Å². The van der Waals surface area contributed by atoms with E-state index in [4.69, 9.17) is 11.6 Å². The first-order valence-electron chi connectivity index (χ1n) is 6.92. The number of hydrogen-bond donors (Lipinski definition) is 0. The standard InChI is InChI=1S/C13H25ClN2/c14-7-2-1-3-8-15-11-6-13(12-15)16-9-4-5-10-16/h13H,1-12H2. The fraction of sp³-hybridized carbons (Fsp3) is 1.00. The zero-order chi connectivity index (χ0) is 11.2. The second kappa shape index (κ2) is 6.83. The SMILES string of the molecule is ClCCCCCN1CCC(N2CCCC2)C1. The molecule has 3 heteroatoms. The van der Waals surface area contributed by atoms with Crippen molar-refractivity contribution in [2.24, 2.45) is 0 Å². The molecule has 0 saturated carbocycles. The molecule has 2 fully saturated rings. The lowest BCUT2D eigenvalue weighted by Crippen LogP contribution is -2.35. The zero-order valence-electron chi connectivity index (χ0n) is 10.3. The Morgan fingerprint density at radius 3 is 2.56 bits per heavy atom. The lowest BCUT2D eigenvalue weighted by atomic mass is 10.2.